The van der Waals surface area contributed by atoms with Gasteiger partial charge in [-0.05, 0) is 39.7 Å². The second-order valence-corrected chi connectivity index (χ2v) is 7.21. The van der Waals surface area contributed by atoms with Crippen LogP contribution in [0, 0.1) is 10.1 Å². The molecule has 0 aliphatic carbocycles. The minimum atomic E-state index is -0.517. The molecule has 1 aromatic carbocycles. The van der Waals surface area contributed by atoms with Gasteiger partial charge in [-0.1, -0.05) is 11.6 Å². The van der Waals surface area contributed by atoms with E-state index in [2.05, 4.69) is 10.2 Å². The van der Waals surface area contributed by atoms with Crippen LogP contribution in [-0.2, 0) is 4.74 Å². The van der Waals surface area contributed by atoms with Crippen LogP contribution in [-0.4, -0.2) is 35.7 Å². The van der Waals surface area contributed by atoms with Crippen LogP contribution in [0.2, 0.25) is 5.02 Å². The van der Waals surface area contributed by atoms with Crippen LogP contribution in [0.5, 0.6) is 0 Å². The number of nitro groups is 1. The molecular weight excluding hydrogens is 334 g/mol. The van der Waals surface area contributed by atoms with Crippen LogP contribution in [0.25, 0.3) is 0 Å². The van der Waals surface area contributed by atoms with E-state index in [1.54, 1.807) is 6.07 Å². The first-order valence-electron chi connectivity index (χ1n) is 7.84. The number of nitrogens with one attached hydrogen (secondary N) is 1. The number of non-ortho nitro benzene ring substituents is 1. The number of halogens is 1. The van der Waals surface area contributed by atoms with Crippen LogP contribution in [0.1, 0.15) is 33.6 Å². The first-order chi connectivity index (χ1) is 11.2. The Morgan fingerprint density at radius 1 is 1.38 bits per heavy atom. The summed E-state index contributed by atoms with van der Waals surface area (Å²) in [4.78, 5) is 24.2. The summed E-state index contributed by atoms with van der Waals surface area (Å²) in [5.41, 5.74) is 0.236. The van der Waals surface area contributed by atoms with Crippen molar-refractivity contribution in [1.29, 1.82) is 0 Å². The van der Waals surface area contributed by atoms with E-state index in [1.165, 1.54) is 12.1 Å². The summed E-state index contributed by atoms with van der Waals surface area (Å²) in [7, 11) is 0. The largest absolute Gasteiger partial charge is 0.444 e. The Hall–Kier alpha value is -2.02. The fraction of sp³-hybridized carbons (Fsp3) is 0.562. The van der Waals surface area contributed by atoms with Gasteiger partial charge in [0, 0.05) is 31.3 Å². The molecule has 132 valence electrons. The van der Waals surface area contributed by atoms with Crippen molar-refractivity contribution in [3.8, 4) is 0 Å². The maximum Gasteiger partial charge on any atom is 0.407 e. The highest BCUT2D eigenvalue weighted by Crippen LogP contribution is 2.31. The summed E-state index contributed by atoms with van der Waals surface area (Å²) in [6, 6.07) is 4.53. The fourth-order valence-electron chi connectivity index (χ4n) is 2.60. The van der Waals surface area contributed by atoms with Crippen LogP contribution in [0.15, 0.2) is 18.2 Å². The number of alkyl carbamates (subject to hydrolysis) is 1. The van der Waals surface area contributed by atoms with Gasteiger partial charge >= 0.3 is 6.09 Å². The van der Waals surface area contributed by atoms with Gasteiger partial charge in [0.15, 0.2) is 0 Å². The Labute approximate surface area is 146 Å². The SMILES string of the molecule is CC(C)(C)OC(=O)NC1CCN(c2ccc([N+](=O)[O-])cc2Cl)CC1. The molecule has 1 amide bonds. The topological polar surface area (TPSA) is 84.7 Å². The molecule has 1 saturated heterocycles. The number of hydrogen-bond donors (Lipinski definition) is 1. The molecule has 8 heteroatoms. The number of nitrogens with zero attached hydrogens (tertiary/aromatic N) is 2. The summed E-state index contributed by atoms with van der Waals surface area (Å²) in [6.07, 6.45) is 1.10. The molecule has 7 nitrogen and oxygen atoms in total. The third-order valence-electron chi connectivity index (χ3n) is 3.70. The van der Waals surface area contributed by atoms with Gasteiger partial charge in [0.05, 0.1) is 15.6 Å². The maximum absolute atomic E-state index is 11.8. The van der Waals surface area contributed by atoms with Crippen molar-refractivity contribution in [2.75, 3.05) is 18.0 Å². The molecule has 1 N–H and O–H groups in total. The molecule has 0 spiro atoms. The van der Waals surface area contributed by atoms with Crippen molar-refractivity contribution in [2.45, 2.75) is 45.3 Å². The van der Waals surface area contributed by atoms with E-state index in [1.807, 2.05) is 20.8 Å². The molecule has 0 atom stereocenters. The van der Waals surface area contributed by atoms with Crippen LogP contribution in [0.4, 0.5) is 16.2 Å². The quantitative estimate of drug-likeness (QED) is 0.659. The lowest BCUT2D eigenvalue weighted by molar-refractivity contribution is -0.384. The van der Waals surface area contributed by atoms with Crippen molar-refractivity contribution in [1.82, 2.24) is 5.32 Å². The molecule has 0 unspecified atom stereocenters. The Morgan fingerprint density at radius 2 is 2.00 bits per heavy atom. The van der Waals surface area contributed by atoms with E-state index >= 15 is 0 Å². The van der Waals surface area contributed by atoms with E-state index < -0.39 is 16.6 Å². The smallest absolute Gasteiger partial charge is 0.407 e. The fourth-order valence-corrected chi connectivity index (χ4v) is 2.90. The molecule has 0 saturated carbocycles. The zero-order valence-electron chi connectivity index (χ0n) is 14.0. The number of piperidine rings is 1. The van der Waals surface area contributed by atoms with Crippen molar-refractivity contribution in [3.63, 3.8) is 0 Å². The summed E-state index contributed by atoms with van der Waals surface area (Å²) in [5, 5.41) is 14.0. The average molecular weight is 356 g/mol. The number of carbonyl (C=O) groups excluding carboxylic acids is 1. The molecule has 0 bridgehead atoms. The number of hydrogen-bond acceptors (Lipinski definition) is 5. The second-order valence-electron chi connectivity index (χ2n) is 6.80. The van der Waals surface area contributed by atoms with Crippen molar-refractivity contribution in [3.05, 3.63) is 33.3 Å². The Morgan fingerprint density at radius 3 is 2.50 bits per heavy atom. The number of anilines is 1. The highest BCUT2D eigenvalue weighted by Gasteiger charge is 2.25. The molecule has 1 heterocycles. The molecule has 0 aromatic heterocycles. The minimum absolute atomic E-state index is 0.0229. The zero-order chi connectivity index (χ0) is 17.9. The summed E-state index contributed by atoms with van der Waals surface area (Å²) in [5.74, 6) is 0. The molecule has 1 aromatic rings. The summed E-state index contributed by atoms with van der Waals surface area (Å²) >= 11 is 6.16. The molecule has 1 aliphatic rings. The highest BCUT2D eigenvalue weighted by molar-refractivity contribution is 6.33. The van der Waals surface area contributed by atoms with Crippen LogP contribution < -0.4 is 10.2 Å². The highest BCUT2D eigenvalue weighted by atomic mass is 35.5. The van der Waals surface area contributed by atoms with Gasteiger partial charge in [0.25, 0.3) is 5.69 Å². The lowest BCUT2D eigenvalue weighted by Crippen LogP contribution is -2.46. The minimum Gasteiger partial charge on any atom is -0.444 e. The van der Waals surface area contributed by atoms with Gasteiger partial charge in [-0.15, -0.1) is 0 Å². The Bertz CT molecular complexity index is 622. The van der Waals surface area contributed by atoms with Crippen LogP contribution >= 0.6 is 11.6 Å². The van der Waals surface area contributed by atoms with Crippen molar-refractivity contribution >= 4 is 29.1 Å². The monoisotopic (exact) mass is 355 g/mol. The number of benzene rings is 1. The van der Waals surface area contributed by atoms with E-state index in [9.17, 15) is 14.9 Å². The molecule has 1 aliphatic heterocycles. The molecule has 24 heavy (non-hydrogen) atoms. The number of amides is 1. The first kappa shape index (κ1) is 18.3. The van der Waals surface area contributed by atoms with Gasteiger partial charge in [-0.2, -0.15) is 0 Å². The number of carbonyl (C=O) groups is 1. The summed E-state index contributed by atoms with van der Waals surface area (Å²) < 4.78 is 5.26. The summed E-state index contributed by atoms with van der Waals surface area (Å²) in [6.45, 7) is 6.89. The predicted octanol–water partition coefficient (Wildman–Crippen LogP) is 3.74. The lowest BCUT2D eigenvalue weighted by atomic mass is 10.0. The molecule has 0 radical (unpaired) electrons. The van der Waals surface area contributed by atoms with Gasteiger partial charge in [0.2, 0.25) is 0 Å². The number of rotatable bonds is 3. The average Bonchev–Trinajstić information content (AvgIpc) is 2.46. The normalized spacial score (nSPS) is 15.9. The second kappa shape index (κ2) is 7.25. The molecule has 2 rings (SSSR count). The van der Waals surface area contributed by atoms with Crippen LogP contribution in [0.3, 0.4) is 0 Å². The molecule has 1 fully saturated rings. The van der Waals surface area contributed by atoms with E-state index in [0.717, 1.165) is 18.5 Å². The first-order valence-corrected chi connectivity index (χ1v) is 8.22. The maximum atomic E-state index is 11.8. The van der Waals surface area contributed by atoms with Crippen molar-refractivity contribution < 1.29 is 14.5 Å². The molecular formula is C16H22ClN3O4. The van der Waals surface area contributed by atoms with E-state index in [-0.39, 0.29) is 11.7 Å². The Kier molecular flexibility index (Phi) is 5.54. The number of ether oxygens (including phenoxy) is 1. The predicted molar refractivity (Wildman–Crippen MR) is 92.7 cm³/mol. The van der Waals surface area contributed by atoms with E-state index in [0.29, 0.717) is 18.1 Å². The van der Waals surface area contributed by atoms with E-state index in [4.69, 9.17) is 16.3 Å². The number of nitro benzene ring substituents is 1. The third-order valence-corrected chi connectivity index (χ3v) is 4.00. The van der Waals surface area contributed by atoms with Gasteiger partial charge < -0.3 is 15.0 Å². The lowest BCUT2D eigenvalue weighted by Gasteiger charge is -2.34. The standard InChI is InChI=1S/C16H22ClN3O4/c1-16(2,3)24-15(21)18-11-6-8-19(9-7-11)14-5-4-12(20(22)23)10-13(14)17/h4-5,10-11H,6-9H2,1-3H3,(H,18,21). The Balaban J connectivity index is 1.91. The zero-order valence-corrected chi connectivity index (χ0v) is 14.8. The third kappa shape index (κ3) is 4.99. The van der Waals surface area contributed by atoms with Gasteiger partial charge in [0.1, 0.15) is 5.60 Å². The van der Waals surface area contributed by atoms with Crippen molar-refractivity contribution in [2.24, 2.45) is 0 Å². The van der Waals surface area contributed by atoms with Gasteiger partial charge in [-0.25, -0.2) is 4.79 Å². The van der Waals surface area contributed by atoms with Gasteiger partial charge in [-0.3, -0.25) is 10.1 Å².